The Morgan fingerprint density at radius 3 is 2.62 bits per heavy atom. The third-order valence-electron chi connectivity index (χ3n) is 3.74. The Bertz CT molecular complexity index is 525. The summed E-state index contributed by atoms with van der Waals surface area (Å²) in [5, 5.41) is 15.3. The van der Waals surface area contributed by atoms with Crippen LogP contribution in [0.15, 0.2) is 24.3 Å². The van der Waals surface area contributed by atoms with E-state index in [4.69, 9.17) is 0 Å². The van der Waals surface area contributed by atoms with Crippen LogP contribution in [0.3, 0.4) is 0 Å². The average molecular weight is 292 g/mol. The summed E-state index contributed by atoms with van der Waals surface area (Å²) in [6, 6.07) is 6.07. The molecule has 1 aliphatic rings. The maximum Gasteiger partial charge on any atom is 0.333 e. The smallest absolute Gasteiger partial charge is 0.307 e. The van der Waals surface area contributed by atoms with Crippen LogP contribution >= 0.6 is 0 Å². The maximum absolute atomic E-state index is 12.0. The number of amides is 2. The van der Waals surface area contributed by atoms with Crippen molar-refractivity contribution in [3.8, 4) is 0 Å². The normalized spacial score (nSPS) is 22.6. The zero-order valence-electron chi connectivity index (χ0n) is 12.2. The standard InChI is InChI=1S/C14H20N4O3/c1-10-5-3-6-11(2)17(10)16-14(19)15-12-7-4-8-13(9-12)18(20)21/h4,7-11H,3,5-6H2,1-2H3,(H2,15,16,19)/t10-,11-/m1/s1. The van der Waals surface area contributed by atoms with E-state index in [1.165, 1.54) is 12.1 Å². The first kappa shape index (κ1) is 15.2. The fraction of sp³-hybridized carbons (Fsp3) is 0.500. The summed E-state index contributed by atoms with van der Waals surface area (Å²) in [5.74, 6) is 0. The molecule has 1 saturated heterocycles. The van der Waals surface area contributed by atoms with Gasteiger partial charge in [0.15, 0.2) is 0 Å². The second-order valence-electron chi connectivity index (χ2n) is 5.41. The number of hydrogen-bond acceptors (Lipinski definition) is 4. The zero-order chi connectivity index (χ0) is 15.4. The highest BCUT2D eigenvalue weighted by atomic mass is 16.6. The Morgan fingerprint density at radius 1 is 1.33 bits per heavy atom. The fourth-order valence-electron chi connectivity index (χ4n) is 2.62. The van der Waals surface area contributed by atoms with Crippen molar-refractivity contribution in [2.45, 2.75) is 45.2 Å². The summed E-state index contributed by atoms with van der Waals surface area (Å²) in [6.45, 7) is 4.15. The van der Waals surface area contributed by atoms with Crippen molar-refractivity contribution < 1.29 is 9.72 Å². The van der Waals surface area contributed by atoms with Crippen LogP contribution in [0.2, 0.25) is 0 Å². The lowest BCUT2D eigenvalue weighted by atomic mass is 10.00. The number of nitro benzene ring substituents is 1. The van der Waals surface area contributed by atoms with Crippen LogP contribution in [-0.2, 0) is 0 Å². The second kappa shape index (κ2) is 6.53. The topological polar surface area (TPSA) is 87.5 Å². The minimum atomic E-state index is -0.488. The van der Waals surface area contributed by atoms with E-state index in [-0.39, 0.29) is 23.8 Å². The summed E-state index contributed by atoms with van der Waals surface area (Å²) in [5.41, 5.74) is 3.18. The molecule has 1 aromatic carbocycles. The average Bonchev–Trinajstić information content (AvgIpc) is 2.43. The van der Waals surface area contributed by atoms with Gasteiger partial charge >= 0.3 is 6.03 Å². The Hall–Kier alpha value is -2.15. The van der Waals surface area contributed by atoms with E-state index < -0.39 is 4.92 Å². The number of urea groups is 1. The summed E-state index contributed by atoms with van der Waals surface area (Å²) < 4.78 is 0. The van der Waals surface area contributed by atoms with Gasteiger partial charge < -0.3 is 5.32 Å². The highest BCUT2D eigenvalue weighted by Crippen LogP contribution is 2.21. The first-order chi connectivity index (χ1) is 9.97. The molecule has 2 rings (SSSR count). The second-order valence-corrected chi connectivity index (χ2v) is 5.41. The molecule has 0 bridgehead atoms. The number of carbonyl (C=O) groups is 1. The van der Waals surface area contributed by atoms with Gasteiger partial charge in [-0.25, -0.2) is 9.80 Å². The van der Waals surface area contributed by atoms with E-state index in [0.717, 1.165) is 19.3 Å². The van der Waals surface area contributed by atoms with Crippen molar-refractivity contribution in [1.82, 2.24) is 10.4 Å². The Kier molecular flexibility index (Phi) is 4.74. The summed E-state index contributed by atoms with van der Waals surface area (Å²) in [6.07, 6.45) is 3.25. The number of hydrazine groups is 1. The fourth-order valence-corrected chi connectivity index (χ4v) is 2.62. The van der Waals surface area contributed by atoms with Crippen molar-refractivity contribution in [3.63, 3.8) is 0 Å². The van der Waals surface area contributed by atoms with Crippen LogP contribution in [0.1, 0.15) is 33.1 Å². The van der Waals surface area contributed by atoms with Crippen molar-refractivity contribution in [2.75, 3.05) is 5.32 Å². The van der Waals surface area contributed by atoms with Gasteiger partial charge in [-0.1, -0.05) is 12.5 Å². The first-order valence-electron chi connectivity index (χ1n) is 7.08. The number of nitro groups is 1. The van der Waals surface area contributed by atoms with Gasteiger partial charge in [-0.3, -0.25) is 15.5 Å². The lowest BCUT2D eigenvalue weighted by molar-refractivity contribution is -0.384. The molecule has 2 N–H and O–H groups in total. The van der Waals surface area contributed by atoms with Gasteiger partial charge in [0.1, 0.15) is 0 Å². The maximum atomic E-state index is 12.0. The summed E-state index contributed by atoms with van der Waals surface area (Å²) >= 11 is 0. The molecule has 1 fully saturated rings. The largest absolute Gasteiger partial charge is 0.333 e. The number of non-ortho nitro benzene ring substituents is 1. The van der Waals surface area contributed by atoms with Crippen molar-refractivity contribution in [2.24, 2.45) is 0 Å². The molecule has 0 spiro atoms. The molecule has 2 amide bonds. The number of anilines is 1. The number of nitrogens with zero attached hydrogens (tertiary/aromatic N) is 2. The lowest BCUT2D eigenvalue weighted by Gasteiger charge is -2.38. The third kappa shape index (κ3) is 3.91. The zero-order valence-corrected chi connectivity index (χ0v) is 12.2. The summed E-state index contributed by atoms with van der Waals surface area (Å²) in [4.78, 5) is 22.2. The molecule has 114 valence electrons. The van der Waals surface area contributed by atoms with E-state index in [1.807, 2.05) is 5.01 Å². The van der Waals surface area contributed by atoms with Crippen LogP contribution < -0.4 is 10.7 Å². The monoisotopic (exact) mass is 292 g/mol. The SMILES string of the molecule is C[C@@H]1CCC[C@@H](C)N1NC(=O)Nc1cccc([N+](=O)[O-])c1. The molecule has 1 heterocycles. The highest BCUT2D eigenvalue weighted by molar-refractivity contribution is 5.89. The number of piperidine rings is 1. The minimum absolute atomic E-state index is 0.0486. The molecule has 1 aromatic rings. The van der Waals surface area contributed by atoms with E-state index in [1.54, 1.807) is 12.1 Å². The molecule has 0 aromatic heterocycles. The molecule has 0 aliphatic carbocycles. The number of nitrogens with one attached hydrogen (secondary N) is 2. The molecule has 21 heavy (non-hydrogen) atoms. The molecular weight excluding hydrogens is 272 g/mol. The van der Waals surface area contributed by atoms with Gasteiger partial charge in [0.25, 0.3) is 5.69 Å². The minimum Gasteiger partial charge on any atom is -0.307 e. The quantitative estimate of drug-likeness (QED) is 0.662. The molecule has 0 saturated carbocycles. The molecular formula is C14H20N4O3. The highest BCUT2D eigenvalue weighted by Gasteiger charge is 2.26. The molecule has 0 unspecified atom stereocenters. The Labute approximate surface area is 123 Å². The number of hydrogen-bond donors (Lipinski definition) is 2. The summed E-state index contributed by atoms with van der Waals surface area (Å²) in [7, 11) is 0. The number of rotatable bonds is 3. The van der Waals surface area contributed by atoms with Gasteiger partial charge in [0.2, 0.25) is 0 Å². The van der Waals surface area contributed by atoms with Crippen LogP contribution in [0.4, 0.5) is 16.2 Å². The van der Waals surface area contributed by atoms with Crippen molar-refractivity contribution in [1.29, 1.82) is 0 Å². The van der Waals surface area contributed by atoms with Gasteiger partial charge in [-0.15, -0.1) is 0 Å². The van der Waals surface area contributed by atoms with Gasteiger partial charge in [-0.2, -0.15) is 0 Å². The van der Waals surface area contributed by atoms with Gasteiger partial charge in [0.05, 0.1) is 4.92 Å². The van der Waals surface area contributed by atoms with E-state index in [9.17, 15) is 14.9 Å². The van der Waals surface area contributed by atoms with Crippen LogP contribution in [0.5, 0.6) is 0 Å². The molecule has 1 aliphatic heterocycles. The third-order valence-corrected chi connectivity index (χ3v) is 3.74. The van der Waals surface area contributed by atoms with Gasteiger partial charge in [-0.05, 0) is 32.8 Å². The predicted octanol–water partition coefficient (Wildman–Crippen LogP) is 2.89. The van der Waals surface area contributed by atoms with Gasteiger partial charge in [0, 0.05) is 29.9 Å². The Morgan fingerprint density at radius 2 is 2.00 bits per heavy atom. The molecule has 0 radical (unpaired) electrons. The molecule has 7 heteroatoms. The molecule has 2 atom stereocenters. The van der Waals surface area contributed by atoms with Crippen LogP contribution in [0, 0.1) is 10.1 Å². The van der Waals surface area contributed by atoms with E-state index in [0.29, 0.717) is 5.69 Å². The predicted molar refractivity (Wildman–Crippen MR) is 79.9 cm³/mol. The van der Waals surface area contributed by atoms with E-state index in [2.05, 4.69) is 24.6 Å². The van der Waals surface area contributed by atoms with Crippen molar-refractivity contribution >= 4 is 17.4 Å². The van der Waals surface area contributed by atoms with E-state index >= 15 is 0 Å². The first-order valence-corrected chi connectivity index (χ1v) is 7.08. The van der Waals surface area contributed by atoms with Crippen molar-refractivity contribution in [3.05, 3.63) is 34.4 Å². The number of benzene rings is 1. The molecule has 7 nitrogen and oxygen atoms in total. The number of carbonyl (C=O) groups excluding carboxylic acids is 1. The van der Waals surface area contributed by atoms with Crippen LogP contribution in [0.25, 0.3) is 0 Å². The Balaban J connectivity index is 1.98. The lowest BCUT2D eigenvalue weighted by Crippen LogP contribution is -2.55. The van der Waals surface area contributed by atoms with Crippen LogP contribution in [-0.4, -0.2) is 28.0 Å².